The van der Waals surface area contributed by atoms with E-state index in [0.717, 1.165) is 12.8 Å². The fourth-order valence-corrected chi connectivity index (χ4v) is 2.02. The minimum atomic E-state index is -0.473. The van der Waals surface area contributed by atoms with E-state index in [1.165, 1.54) is 0 Å². The molecule has 1 aliphatic heterocycles. The number of hydrogen-bond donors (Lipinski definition) is 0. The van der Waals surface area contributed by atoms with Crippen molar-refractivity contribution in [1.29, 1.82) is 0 Å². The number of nitrogens with zero attached hydrogens (tertiary/aromatic N) is 1. The van der Waals surface area contributed by atoms with Crippen LogP contribution in [0.2, 0.25) is 0 Å². The summed E-state index contributed by atoms with van der Waals surface area (Å²) in [5.74, 6) is 0.250. The molecule has 4 nitrogen and oxygen atoms in total. The van der Waals surface area contributed by atoms with Crippen LogP contribution >= 0.6 is 0 Å². The van der Waals surface area contributed by atoms with Crippen LogP contribution in [0.3, 0.4) is 0 Å². The predicted octanol–water partition coefficient (Wildman–Crippen LogP) is 2.61. The third-order valence-electron chi connectivity index (χ3n) is 2.88. The Kier molecular flexibility index (Phi) is 4.54. The molecule has 4 heteroatoms. The van der Waals surface area contributed by atoms with Gasteiger partial charge in [0.25, 0.3) is 0 Å². The second-order valence-corrected chi connectivity index (χ2v) is 5.59. The SMILES string of the molecule is CCC(=O)C1CCCN(C(=O)OC(C)(C)C)C1. The summed E-state index contributed by atoms with van der Waals surface area (Å²) >= 11 is 0. The zero-order valence-electron chi connectivity index (χ0n) is 11.3. The number of ether oxygens (including phenoxy) is 1. The molecule has 0 spiro atoms. The van der Waals surface area contributed by atoms with Crippen LogP contribution in [0, 0.1) is 5.92 Å². The van der Waals surface area contributed by atoms with E-state index in [-0.39, 0.29) is 17.8 Å². The fourth-order valence-electron chi connectivity index (χ4n) is 2.02. The lowest BCUT2D eigenvalue weighted by Crippen LogP contribution is -2.44. The fraction of sp³-hybridized carbons (Fsp3) is 0.846. The van der Waals surface area contributed by atoms with Crippen molar-refractivity contribution in [2.45, 2.75) is 52.6 Å². The Hall–Kier alpha value is -1.06. The largest absolute Gasteiger partial charge is 0.444 e. The molecule has 0 aromatic heterocycles. The van der Waals surface area contributed by atoms with Gasteiger partial charge < -0.3 is 9.64 Å². The number of carbonyl (C=O) groups is 2. The predicted molar refractivity (Wildman–Crippen MR) is 65.8 cm³/mol. The summed E-state index contributed by atoms with van der Waals surface area (Å²) in [6, 6.07) is 0. The smallest absolute Gasteiger partial charge is 0.410 e. The number of amides is 1. The quantitative estimate of drug-likeness (QED) is 0.746. The Morgan fingerprint density at radius 1 is 1.35 bits per heavy atom. The number of piperidine rings is 1. The highest BCUT2D eigenvalue weighted by atomic mass is 16.6. The maximum absolute atomic E-state index is 11.9. The minimum absolute atomic E-state index is 0.00117. The molecule has 0 bridgehead atoms. The van der Waals surface area contributed by atoms with Crippen molar-refractivity contribution < 1.29 is 14.3 Å². The summed E-state index contributed by atoms with van der Waals surface area (Å²) in [6.45, 7) is 8.63. The molecule has 0 radical (unpaired) electrons. The third kappa shape index (κ3) is 4.36. The Morgan fingerprint density at radius 3 is 2.53 bits per heavy atom. The first-order valence-corrected chi connectivity index (χ1v) is 6.34. The van der Waals surface area contributed by atoms with Crippen LogP contribution in [0.25, 0.3) is 0 Å². The molecule has 17 heavy (non-hydrogen) atoms. The molecule has 1 amide bonds. The molecule has 1 rings (SSSR count). The summed E-state index contributed by atoms with van der Waals surface area (Å²) in [6.07, 6.45) is 2.03. The molecule has 0 aromatic carbocycles. The van der Waals surface area contributed by atoms with Crippen LogP contribution in [-0.2, 0) is 9.53 Å². The first-order chi connectivity index (χ1) is 7.83. The summed E-state index contributed by atoms with van der Waals surface area (Å²) in [7, 11) is 0. The van der Waals surface area contributed by atoms with E-state index in [0.29, 0.717) is 19.5 Å². The van der Waals surface area contributed by atoms with Crippen LogP contribution in [0.1, 0.15) is 47.0 Å². The normalized spacial score (nSPS) is 21.2. The molecule has 1 unspecified atom stereocenters. The Morgan fingerprint density at radius 2 is 2.00 bits per heavy atom. The first-order valence-electron chi connectivity index (χ1n) is 6.34. The van der Waals surface area contributed by atoms with Gasteiger partial charge in [-0.25, -0.2) is 4.79 Å². The molecule has 1 atom stereocenters. The third-order valence-corrected chi connectivity index (χ3v) is 2.88. The van der Waals surface area contributed by atoms with E-state index < -0.39 is 5.60 Å². The lowest BCUT2D eigenvalue weighted by Gasteiger charge is -2.33. The van der Waals surface area contributed by atoms with Gasteiger partial charge in [-0.3, -0.25) is 4.79 Å². The zero-order chi connectivity index (χ0) is 13.1. The minimum Gasteiger partial charge on any atom is -0.444 e. The van der Waals surface area contributed by atoms with E-state index >= 15 is 0 Å². The average molecular weight is 241 g/mol. The maximum Gasteiger partial charge on any atom is 0.410 e. The van der Waals surface area contributed by atoms with E-state index in [1.54, 1.807) is 4.90 Å². The summed E-state index contributed by atoms with van der Waals surface area (Å²) in [4.78, 5) is 25.2. The summed E-state index contributed by atoms with van der Waals surface area (Å²) in [5, 5.41) is 0. The van der Waals surface area contributed by atoms with Crippen molar-refractivity contribution in [2.75, 3.05) is 13.1 Å². The van der Waals surface area contributed by atoms with Gasteiger partial charge in [-0.15, -0.1) is 0 Å². The average Bonchev–Trinajstić information content (AvgIpc) is 2.26. The van der Waals surface area contributed by atoms with E-state index in [4.69, 9.17) is 4.74 Å². The van der Waals surface area contributed by atoms with Crippen molar-refractivity contribution in [1.82, 2.24) is 4.90 Å². The van der Waals surface area contributed by atoms with Gasteiger partial charge in [-0.1, -0.05) is 6.92 Å². The molecule has 0 aliphatic carbocycles. The molecule has 0 N–H and O–H groups in total. The Balaban J connectivity index is 2.55. The highest BCUT2D eigenvalue weighted by Gasteiger charge is 2.29. The number of rotatable bonds is 2. The lowest BCUT2D eigenvalue weighted by molar-refractivity contribution is -0.124. The molecule has 98 valence electrons. The molecule has 1 heterocycles. The van der Waals surface area contributed by atoms with Crippen molar-refractivity contribution in [3.8, 4) is 0 Å². The monoisotopic (exact) mass is 241 g/mol. The van der Waals surface area contributed by atoms with Crippen LogP contribution < -0.4 is 0 Å². The molecular weight excluding hydrogens is 218 g/mol. The molecule has 0 aromatic rings. The molecule has 1 aliphatic rings. The second kappa shape index (κ2) is 5.52. The first kappa shape index (κ1) is 14.0. The topological polar surface area (TPSA) is 46.6 Å². The van der Waals surface area contributed by atoms with Crippen molar-refractivity contribution >= 4 is 11.9 Å². The van der Waals surface area contributed by atoms with E-state index in [1.807, 2.05) is 27.7 Å². The van der Waals surface area contributed by atoms with E-state index in [9.17, 15) is 9.59 Å². The van der Waals surface area contributed by atoms with Gasteiger partial charge in [0.15, 0.2) is 0 Å². The molecular formula is C13H23NO3. The van der Waals surface area contributed by atoms with Gasteiger partial charge in [-0.2, -0.15) is 0 Å². The Labute approximate surface area is 103 Å². The highest BCUT2D eigenvalue weighted by molar-refractivity contribution is 5.81. The van der Waals surface area contributed by atoms with Crippen LogP contribution in [0.4, 0.5) is 4.79 Å². The van der Waals surface area contributed by atoms with Gasteiger partial charge in [0.2, 0.25) is 0 Å². The van der Waals surface area contributed by atoms with E-state index in [2.05, 4.69) is 0 Å². The lowest BCUT2D eigenvalue weighted by atomic mass is 9.93. The molecule has 1 saturated heterocycles. The number of likely N-dealkylation sites (tertiary alicyclic amines) is 1. The van der Waals surface area contributed by atoms with Gasteiger partial charge in [0.1, 0.15) is 11.4 Å². The number of hydrogen-bond acceptors (Lipinski definition) is 3. The van der Waals surface area contributed by atoms with Crippen molar-refractivity contribution in [3.63, 3.8) is 0 Å². The van der Waals surface area contributed by atoms with Crippen molar-refractivity contribution in [3.05, 3.63) is 0 Å². The highest BCUT2D eigenvalue weighted by Crippen LogP contribution is 2.20. The zero-order valence-corrected chi connectivity index (χ0v) is 11.3. The van der Waals surface area contributed by atoms with Gasteiger partial charge in [0, 0.05) is 25.4 Å². The number of ketones is 1. The van der Waals surface area contributed by atoms with Crippen LogP contribution in [0.5, 0.6) is 0 Å². The molecule has 1 fully saturated rings. The van der Waals surface area contributed by atoms with Gasteiger partial charge in [0.05, 0.1) is 0 Å². The summed E-state index contributed by atoms with van der Waals surface area (Å²) in [5.41, 5.74) is -0.473. The van der Waals surface area contributed by atoms with Gasteiger partial charge in [-0.05, 0) is 33.6 Å². The maximum atomic E-state index is 11.9. The van der Waals surface area contributed by atoms with Crippen LogP contribution in [0.15, 0.2) is 0 Å². The number of carbonyl (C=O) groups excluding carboxylic acids is 2. The summed E-state index contributed by atoms with van der Waals surface area (Å²) < 4.78 is 5.31. The standard InChI is InChI=1S/C13H23NO3/c1-5-11(15)10-7-6-8-14(9-10)12(16)17-13(2,3)4/h10H,5-9H2,1-4H3. The van der Waals surface area contributed by atoms with Crippen LogP contribution in [-0.4, -0.2) is 35.5 Å². The second-order valence-electron chi connectivity index (χ2n) is 5.59. The van der Waals surface area contributed by atoms with Crippen molar-refractivity contribution in [2.24, 2.45) is 5.92 Å². The van der Waals surface area contributed by atoms with Gasteiger partial charge >= 0.3 is 6.09 Å². The number of Topliss-reactive ketones (excluding diaryl/α,β-unsaturated/α-hetero) is 1. The molecule has 0 saturated carbocycles. The Bertz CT molecular complexity index is 294.